The monoisotopic (exact) mass is 154 g/mol. The Morgan fingerprint density at radius 1 is 1.30 bits per heavy atom. The van der Waals surface area contributed by atoms with Crippen molar-refractivity contribution in [3.63, 3.8) is 0 Å². The van der Waals surface area contributed by atoms with Gasteiger partial charge in [0.1, 0.15) is 0 Å². The van der Waals surface area contributed by atoms with E-state index < -0.39 is 0 Å². The topological polar surface area (TPSA) is 9.23 Å². The van der Waals surface area contributed by atoms with Gasteiger partial charge >= 0.3 is 0 Å². The van der Waals surface area contributed by atoms with E-state index >= 15 is 0 Å². The molecule has 0 N–H and O–H groups in total. The first-order chi connectivity index (χ1) is 4.93. The molecule has 0 fully saturated rings. The van der Waals surface area contributed by atoms with Crippen molar-refractivity contribution in [2.24, 2.45) is 0 Å². The molecular weight excluding hydrogens is 144 g/mol. The number of rotatable bonds is 3. The zero-order valence-corrected chi connectivity index (χ0v) is 6.73. The summed E-state index contributed by atoms with van der Waals surface area (Å²) in [6, 6.07) is 10.1. The highest BCUT2D eigenvalue weighted by Gasteiger charge is 1.88. The lowest BCUT2D eigenvalue weighted by Gasteiger charge is -1.96. The summed E-state index contributed by atoms with van der Waals surface area (Å²) in [7, 11) is 0. The molecule has 1 aromatic carbocycles. The van der Waals surface area contributed by atoms with Gasteiger partial charge in [-0.05, 0) is 19.1 Å². The van der Waals surface area contributed by atoms with Gasteiger partial charge in [-0.15, -0.1) is 0 Å². The van der Waals surface area contributed by atoms with Crippen LogP contribution in [-0.2, 0) is 4.18 Å². The Bertz CT molecular complexity index is 174. The lowest BCUT2D eigenvalue weighted by Crippen LogP contribution is -1.76. The molecule has 0 heterocycles. The predicted molar refractivity (Wildman–Crippen MR) is 43.9 cm³/mol. The molecule has 2 heteroatoms. The largest absolute Gasteiger partial charge is 0.311 e. The van der Waals surface area contributed by atoms with E-state index in [1.54, 1.807) is 0 Å². The Morgan fingerprint density at radius 2 is 2.00 bits per heavy atom. The van der Waals surface area contributed by atoms with Gasteiger partial charge in [-0.3, -0.25) is 0 Å². The molecule has 1 nitrogen and oxygen atoms in total. The summed E-state index contributed by atoms with van der Waals surface area (Å²) in [5.41, 5.74) is 0. The maximum Gasteiger partial charge on any atom is 0.0590 e. The van der Waals surface area contributed by atoms with Crippen LogP contribution in [0.3, 0.4) is 0 Å². The molecule has 0 saturated carbocycles. The second-order valence-corrected chi connectivity index (χ2v) is 2.68. The molecule has 0 aromatic heterocycles. The summed E-state index contributed by atoms with van der Waals surface area (Å²) in [5.74, 6) is 0. The lowest BCUT2D eigenvalue weighted by atomic mass is 10.4. The van der Waals surface area contributed by atoms with Crippen molar-refractivity contribution in [2.45, 2.75) is 11.8 Å². The van der Waals surface area contributed by atoms with Crippen LogP contribution in [0.5, 0.6) is 0 Å². The van der Waals surface area contributed by atoms with Crippen molar-refractivity contribution in [3.8, 4) is 0 Å². The van der Waals surface area contributed by atoms with Gasteiger partial charge in [0.2, 0.25) is 0 Å². The van der Waals surface area contributed by atoms with Crippen LogP contribution in [0, 0.1) is 0 Å². The van der Waals surface area contributed by atoms with Crippen LogP contribution in [-0.4, -0.2) is 6.61 Å². The summed E-state index contributed by atoms with van der Waals surface area (Å²) in [6.45, 7) is 2.73. The van der Waals surface area contributed by atoms with Crippen LogP contribution in [0.25, 0.3) is 0 Å². The van der Waals surface area contributed by atoms with Crippen molar-refractivity contribution in [2.75, 3.05) is 6.61 Å². The molecule has 0 atom stereocenters. The number of benzene rings is 1. The minimum absolute atomic E-state index is 0.750. The van der Waals surface area contributed by atoms with E-state index in [9.17, 15) is 0 Å². The van der Waals surface area contributed by atoms with Gasteiger partial charge < -0.3 is 4.18 Å². The molecule has 0 amide bonds. The van der Waals surface area contributed by atoms with Crippen molar-refractivity contribution < 1.29 is 4.18 Å². The summed E-state index contributed by atoms with van der Waals surface area (Å²) >= 11 is 1.42. The highest BCUT2D eigenvalue weighted by molar-refractivity contribution is 7.94. The van der Waals surface area contributed by atoms with E-state index in [1.807, 2.05) is 37.3 Å². The zero-order valence-electron chi connectivity index (χ0n) is 5.91. The van der Waals surface area contributed by atoms with Crippen LogP contribution in [0.15, 0.2) is 35.2 Å². The van der Waals surface area contributed by atoms with E-state index in [-0.39, 0.29) is 0 Å². The van der Waals surface area contributed by atoms with Gasteiger partial charge in [-0.25, -0.2) is 0 Å². The van der Waals surface area contributed by atoms with Crippen molar-refractivity contribution in [1.29, 1.82) is 0 Å². The Morgan fingerprint density at radius 3 is 2.60 bits per heavy atom. The van der Waals surface area contributed by atoms with Crippen molar-refractivity contribution in [3.05, 3.63) is 30.3 Å². The summed E-state index contributed by atoms with van der Waals surface area (Å²) in [6.07, 6.45) is 0. The normalized spacial score (nSPS) is 9.70. The first-order valence-electron chi connectivity index (χ1n) is 3.28. The van der Waals surface area contributed by atoms with Crippen molar-refractivity contribution >= 4 is 12.0 Å². The van der Waals surface area contributed by atoms with Crippen LogP contribution >= 0.6 is 12.0 Å². The fraction of sp³-hybridized carbons (Fsp3) is 0.250. The smallest absolute Gasteiger partial charge is 0.0590 e. The maximum atomic E-state index is 5.14. The average Bonchev–Trinajstić information content (AvgIpc) is 2.03. The fourth-order valence-corrected chi connectivity index (χ4v) is 1.13. The fourth-order valence-electron chi connectivity index (χ4n) is 0.603. The maximum absolute atomic E-state index is 5.14. The first kappa shape index (κ1) is 7.63. The minimum atomic E-state index is 0.750. The second kappa shape index (κ2) is 4.36. The summed E-state index contributed by atoms with van der Waals surface area (Å²) < 4.78 is 5.14. The number of hydrogen-bond donors (Lipinski definition) is 0. The molecule has 0 saturated heterocycles. The van der Waals surface area contributed by atoms with Crippen LogP contribution in [0.2, 0.25) is 0 Å². The van der Waals surface area contributed by atoms with E-state index in [2.05, 4.69) is 0 Å². The Hall–Kier alpha value is -0.470. The molecule has 0 spiro atoms. The molecule has 1 aromatic rings. The molecule has 0 bridgehead atoms. The van der Waals surface area contributed by atoms with E-state index in [4.69, 9.17) is 4.18 Å². The Balaban J connectivity index is 2.43. The standard InChI is InChI=1S/C8H10OS/c1-2-9-10-8-6-4-3-5-7-8/h3-7H,2H2,1H3. The molecular formula is C8H10OS. The van der Waals surface area contributed by atoms with Crippen LogP contribution < -0.4 is 0 Å². The highest BCUT2D eigenvalue weighted by Crippen LogP contribution is 2.17. The van der Waals surface area contributed by atoms with Gasteiger partial charge in [0, 0.05) is 16.9 Å². The quantitative estimate of drug-likeness (QED) is 0.619. The molecule has 0 aliphatic carbocycles. The van der Waals surface area contributed by atoms with E-state index in [0.29, 0.717) is 0 Å². The van der Waals surface area contributed by atoms with Crippen molar-refractivity contribution in [1.82, 2.24) is 0 Å². The predicted octanol–water partition coefficient (Wildman–Crippen LogP) is 2.73. The molecule has 0 unspecified atom stereocenters. The van der Waals surface area contributed by atoms with E-state index in [0.717, 1.165) is 11.5 Å². The molecule has 0 aliphatic heterocycles. The minimum Gasteiger partial charge on any atom is -0.311 e. The third-order valence-electron chi connectivity index (χ3n) is 1.02. The van der Waals surface area contributed by atoms with Gasteiger partial charge in [0.15, 0.2) is 0 Å². The zero-order chi connectivity index (χ0) is 7.23. The second-order valence-electron chi connectivity index (χ2n) is 1.80. The third kappa shape index (κ3) is 2.42. The third-order valence-corrected chi connectivity index (χ3v) is 1.83. The van der Waals surface area contributed by atoms with Gasteiger partial charge in [-0.1, -0.05) is 18.2 Å². The highest BCUT2D eigenvalue weighted by atomic mass is 32.2. The molecule has 0 radical (unpaired) electrons. The molecule has 54 valence electrons. The Labute approximate surface area is 65.6 Å². The van der Waals surface area contributed by atoms with Gasteiger partial charge in [0.25, 0.3) is 0 Å². The lowest BCUT2D eigenvalue weighted by molar-refractivity contribution is 0.402. The summed E-state index contributed by atoms with van der Waals surface area (Å²) in [5, 5.41) is 0. The SMILES string of the molecule is CCOSc1ccccc1. The number of hydrogen-bond acceptors (Lipinski definition) is 2. The van der Waals surface area contributed by atoms with E-state index in [1.165, 1.54) is 12.0 Å². The molecule has 10 heavy (non-hydrogen) atoms. The Kier molecular flexibility index (Phi) is 3.33. The van der Waals surface area contributed by atoms with Gasteiger partial charge in [0.05, 0.1) is 6.61 Å². The molecule has 1 rings (SSSR count). The van der Waals surface area contributed by atoms with Crippen LogP contribution in [0.1, 0.15) is 6.92 Å². The van der Waals surface area contributed by atoms with Crippen LogP contribution in [0.4, 0.5) is 0 Å². The summed E-state index contributed by atoms with van der Waals surface area (Å²) in [4.78, 5) is 1.16. The van der Waals surface area contributed by atoms with Gasteiger partial charge in [-0.2, -0.15) is 0 Å². The average molecular weight is 154 g/mol. The first-order valence-corrected chi connectivity index (χ1v) is 4.02. The molecule has 0 aliphatic rings.